The largest absolute Gasteiger partial charge is 0.461 e. The van der Waals surface area contributed by atoms with E-state index in [0.29, 0.717) is 23.2 Å². The summed E-state index contributed by atoms with van der Waals surface area (Å²) in [7, 11) is 0. The van der Waals surface area contributed by atoms with Gasteiger partial charge in [0.1, 0.15) is 4.88 Å². The summed E-state index contributed by atoms with van der Waals surface area (Å²) in [6.07, 6.45) is 2.14. The second-order valence-corrected chi connectivity index (χ2v) is 5.37. The average Bonchev–Trinajstić information content (AvgIpc) is 2.87. The number of carbonyl (C=O) groups is 2. The summed E-state index contributed by atoms with van der Waals surface area (Å²) in [6, 6.07) is 0. The predicted octanol–water partition coefficient (Wildman–Crippen LogP) is 2.75. The van der Waals surface area contributed by atoms with Gasteiger partial charge in [-0.05, 0) is 13.3 Å². The van der Waals surface area contributed by atoms with Crippen LogP contribution in [0, 0.1) is 0 Å². The molecular formula is C14H22N2O4S. The van der Waals surface area contributed by atoms with Crippen molar-refractivity contribution in [1.29, 1.82) is 0 Å². The van der Waals surface area contributed by atoms with Crippen molar-refractivity contribution in [1.82, 2.24) is 4.98 Å². The lowest BCUT2D eigenvalue weighted by atomic mass is 10.3. The maximum absolute atomic E-state index is 11.7. The number of aromatic nitrogens is 1. The zero-order valence-corrected chi connectivity index (χ0v) is 13.5. The van der Waals surface area contributed by atoms with Crippen molar-refractivity contribution in [3.63, 3.8) is 0 Å². The lowest BCUT2D eigenvalue weighted by Crippen LogP contribution is -2.11. The first kappa shape index (κ1) is 17.6. The minimum absolute atomic E-state index is 0.0868. The summed E-state index contributed by atoms with van der Waals surface area (Å²) in [5, 5.41) is 3.59. The quantitative estimate of drug-likeness (QED) is 0.406. The van der Waals surface area contributed by atoms with E-state index in [0.717, 1.165) is 30.8 Å². The van der Waals surface area contributed by atoms with Crippen molar-refractivity contribution in [2.24, 2.45) is 0 Å². The number of unbranched alkanes of at least 4 members (excludes halogenated alkanes) is 1. The van der Waals surface area contributed by atoms with Crippen LogP contribution in [0.3, 0.4) is 0 Å². The third-order valence-corrected chi connectivity index (χ3v) is 3.69. The van der Waals surface area contributed by atoms with Crippen LogP contribution < -0.4 is 5.32 Å². The third kappa shape index (κ3) is 5.81. The van der Waals surface area contributed by atoms with Crippen LogP contribution in [-0.2, 0) is 9.47 Å². The number of ether oxygens (including phenoxy) is 2. The zero-order valence-electron chi connectivity index (χ0n) is 12.7. The van der Waals surface area contributed by atoms with Gasteiger partial charge in [-0.2, -0.15) is 0 Å². The van der Waals surface area contributed by atoms with Crippen LogP contribution in [0.4, 0.5) is 5.13 Å². The molecule has 1 N–H and O–H groups in total. The molecule has 1 rings (SSSR count). The molecule has 0 unspecified atom stereocenters. The van der Waals surface area contributed by atoms with Crippen molar-refractivity contribution in [3.8, 4) is 0 Å². The van der Waals surface area contributed by atoms with E-state index in [2.05, 4.69) is 17.2 Å². The fourth-order valence-electron chi connectivity index (χ4n) is 1.55. The van der Waals surface area contributed by atoms with Gasteiger partial charge >= 0.3 is 5.97 Å². The number of nitrogens with one attached hydrogen (secondary N) is 1. The average molecular weight is 314 g/mol. The van der Waals surface area contributed by atoms with E-state index in [9.17, 15) is 9.59 Å². The lowest BCUT2D eigenvalue weighted by Gasteiger charge is -2.03. The molecule has 0 bridgehead atoms. The van der Waals surface area contributed by atoms with E-state index in [1.54, 1.807) is 6.92 Å². The van der Waals surface area contributed by atoms with Crippen LogP contribution in [-0.4, -0.2) is 43.1 Å². The Morgan fingerprint density at radius 3 is 2.67 bits per heavy atom. The molecule has 0 aliphatic rings. The Kier molecular flexibility index (Phi) is 7.92. The summed E-state index contributed by atoms with van der Waals surface area (Å²) < 4.78 is 10.3. The summed E-state index contributed by atoms with van der Waals surface area (Å²) in [4.78, 5) is 27.8. The Morgan fingerprint density at radius 2 is 2.05 bits per heavy atom. The summed E-state index contributed by atoms with van der Waals surface area (Å²) in [5.41, 5.74) is 0.0868. The molecule has 7 heteroatoms. The number of rotatable bonds is 10. The normalized spacial score (nSPS) is 10.4. The van der Waals surface area contributed by atoms with E-state index in [-0.39, 0.29) is 18.1 Å². The Labute approximate surface area is 128 Å². The number of thiazole rings is 1. The maximum atomic E-state index is 11.7. The minimum Gasteiger partial charge on any atom is -0.461 e. The maximum Gasteiger partial charge on any atom is 0.358 e. The molecule has 0 aromatic carbocycles. The molecule has 6 nitrogen and oxygen atoms in total. The van der Waals surface area contributed by atoms with Gasteiger partial charge in [0.15, 0.2) is 16.6 Å². The second-order valence-electron chi connectivity index (χ2n) is 4.37. The number of esters is 1. The van der Waals surface area contributed by atoms with Gasteiger partial charge < -0.3 is 14.8 Å². The van der Waals surface area contributed by atoms with Gasteiger partial charge in [0.25, 0.3) is 0 Å². The molecule has 0 fully saturated rings. The van der Waals surface area contributed by atoms with Gasteiger partial charge in [0.2, 0.25) is 0 Å². The van der Waals surface area contributed by atoms with Crippen molar-refractivity contribution in [2.75, 3.05) is 31.7 Å². The number of ketones is 1. The first-order valence-electron chi connectivity index (χ1n) is 7.10. The summed E-state index contributed by atoms with van der Waals surface area (Å²) in [5.74, 6) is -0.756. The fraction of sp³-hybridized carbons (Fsp3) is 0.643. The number of carbonyl (C=O) groups excluding carboxylic acids is 2. The number of hydrogen-bond donors (Lipinski definition) is 1. The van der Waals surface area contributed by atoms with Crippen LogP contribution in [0.1, 0.15) is 53.8 Å². The predicted molar refractivity (Wildman–Crippen MR) is 82.3 cm³/mol. The summed E-state index contributed by atoms with van der Waals surface area (Å²) in [6.45, 7) is 7.36. The minimum atomic E-state index is -0.564. The van der Waals surface area contributed by atoms with Crippen LogP contribution in [0.25, 0.3) is 0 Å². The molecule has 1 aromatic heterocycles. The molecule has 0 atom stereocenters. The number of anilines is 1. The molecule has 0 amide bonds. The van der Waals surface area contributed by atoms with Crippen LogP contribution >= 0.6 is 11.3 Å². The molecule has 1 heterocycles. The Hall–Kier alpha value is -1.47. The van der Waals surface area contributed by atoms with Gasteiger partial charge in [-0.25, -0.2) is 9.78 Å². The van der Waals surface area contributed by atoms with Gasteiger partial charge in [0, 0.05) is 20.1 Å². The van der Waals surface area contributed by atoms with Crippen LogP contribution in [0.15, 0.2) is 0 Å². The van der Waals surface area contributed by atoms with Gasteiger partial charge in [0.05, 0.1) is 13.2 Å². The molecule has 0 radical (unpaired) electrons. The van der Waals surface area contributed by atoms with Crippen molar-refractivity contribution in [3.05, 3.63) is 10.6 Å². The first-order chi connectivity index (χ1) is 10.1. The van der Waals surface area contributed by atoms with Gasteiger partial charge in [-0.3, -0.25) is 4.79 Å². The number of hydrogen-bond acceptors (Lipinski definition) is 7. The second kappa shape index (κ2) is 9.46. The molecular weight excluding hydrogens is 292 g/mol. The SMILES string of the molecule is CCCCOCCNc1nc(C(=O)OCC)c(C(C)=O)s1. The van der Waals surface area contributed by atoms with E-state index in [4.69, 9.17) is 9.47 Å². The van der Waals surface area contributed by atoms with Crippen molar-refractivity contribution >= 4 is 28.2 Å². The van der Waals surface area contributed by atoms with Crippen LogP contribution in [0.5, 0.6) is 0 Å². The summed E-state index contributed by atoms with van der Waals surface area (Å²) >= 11 is 1.16. The van der Waals surface area contributed by atoms with Crippen molar-refractivity contribution < 1.29 is 19.1 Å². The first-order valence-corrected chi connectivity index (χ1v) is 7.92. The monoisotopic (exact) mass is 314 g/mol. The zero-order chi connectivity index (χ0) is 15.7. The Morgan fingerprint density at radius 1 is 1.29 bits per heavy atom. The molecule has 118 valence electrons. The highest BCUT2D eigenvalue weighted by molar-refractivity contribution is 7.17. The Bertz CT molecular complexity index is 474. The number of Topliss-reactive ketones (excluding diaryl/α,β-unsaturated/α-hetero) is 1. The van der Waals surface area contributed by atoms with Crippen LogP contribution in [0.2, 0.25) is 0 Å². The fourth-order valence-corrected chi connectivity index (χ4v) is 2.42. The van der Waals surface area contributed by atoms with Crippen molar-refractivity contribution in [2.45, 2.75) is 33.6 Å². The molecule has 0 saturated heterocycles. The molecule has 0 aliphatic carbocycles. The molecule has 0 saturated carbocycles. The highest BCUT2D eigenvalue weighted by Crippen LogP contribution is 2.24. The standard InChI is InChI=1S/C14H22N2O4S/c1-4-6-8-19-9-7-15-14-16-11(13(18)20-5-2)12(21-14)10(3)17/h4-9H2,1-3H3,(H,15,16). The molecule has 21 heavy (non-hydrogen) atoms. The number of nitrogens with zero attached hydrogens (tertiary/aromatic N) is 1. The van der Waals surface area contributed by atoms with Gasteiger partial charge in [-0.15, -0.1) is 0 Å². The molecule has 0 spiro atoms. The van der Waals surface area contributed by atoms with E-state index in [1.807, 2.05) is 0 Å². The Balaban J connectivity index is 2.57. The van der Waals surface area contributed by atoms with E-state index >= 15 is 0 Å². The topological polar surface area (TPSA) is 77.5 Å². The van der Waals surface area contributed by atoms with E-state index in [1.165, 1.54) is 6.92 Å². The van der Waals surface area contributed by atoms with Gasteiger partial charge in [-0.1, -0.05) is 24.7 Å². The highest BCUT2D eigenvalue weighted by atomic mass is 32.1. The van der Waals surface area contributed by atoms with E-state index < -0.39 is 5.97 Å². The third-order valence-electron chi connectivity index (χ3n) is 2.58. The molecule has 0 aliphatic heterocycles. The highest BCUT2D eigenvalue weighted by Gasteiger charge is 2.22. The molecule has 1 aromatic rings. The lowest BCUT2D eigenvalue weighted by molar-refractivity contribution is 0.0517. The smallest absolute Gasteiger partial charge is 0.358 e.